The van der Waals surface area contributed by atoms with Crippen LogP contribution in [-0.4, -0.2) is 36.0 Å². The van der Waals surface area contributed by atoms with E-state index in [-0.39, 0.29) is 12.5 Å². The van der Waals surface area contributed by atoms with Gasteiger partial charge in [-0.3, -0.25) is 4.79 Å². The average Bonchev–Trinajstić information content (AvgIpc) is 2.26. The molecule has 1 amide bonds. The van der Waals surface area contributed by atoms with Crippen molar-refractivity contribution in [3.8, 4) is 0 Å². The zero-order valence-electron chi connectivity index (χ0n) is 10.5. The quantitative estimate of drug-likeness (QED) is 0.767. The van der Waals surface area contributed by atoms with E-state index in [4.69, 9.17) is 5.73 Å². The molecule has 0 bridgehead atoms. The first-order chi connectivity index (χ1) is 8.00. The van der Waals surface area contributed by atoms with Crippen molar-refractivity contribution in [2.75, 3.05) is 30.8 Å². The number of nitrogen functional groups attached to an aromatic ring is 1. The Kier molecular flexibility index (Phi) is 4.68. The zero-order valence-corrected chi connectivity index (χ0v) is 10.5. The normalized spacial score (nSPS) is 10.4. The number of anilines is 2. The Morgan fingerprint density at radius 2 is 2.29 bits per heavy atom. The second-order valence-corrected chi connectivity index (χ2v) is 4.36. The number of likely N-dealkylation sites (N-methyl/N-ethyl adjacent to an activating group) is 1. The number of nitrogens with one attached hydrogen (secondary N) is 1. The van der Waals surface area contributed by atoms with Gasteiger partial charge in [-0.25, -0.2) is 9.97 Å². The lowest BCUT2D eigenvalue weighted by Gasteiger charge is -2.19. The third-order valence-corrected chi connectivity index (χ3v) is 2.17. The SMILES string of the molecule is CC(C)CNC(=O)CN(C)c1ncncc1N. The molecule has 0 unspecified atom stereocenters. The second-order valence-electron chi connectivity index (χ2n) is 4.36. The maximum Gasteiger partial charge on any atom is 0.239 e. The molecule has 1 rings (SSSR count). The van der Waals surface area contributed by atoms with Gasteiger partial charge in [-0.2, -0.15) is 0 Å². The summed E-state index contributed by atoms with van der Waals surface area (Å²) >= 11 is 0. The Bertz CT molecular complexity index is 380. The van der Waals surface area contributed by atoms with Crippen molar-refractivity contribution in [2.24, 2.45) is 5.92 Å². The van der Waals surface area contributed by atoms with Gasteiger partial charge in [-0.05, 0) is 5.92 Å². The van der Waals surface area contributed by atoms with Crippen LogP contribution in [0.15, 0.2) is 12.5 Å². The fourth-order valence-corrected chi connectivity index (χ4v) is 1.32. The van der Waals surface area contributed by atoms with Gasteiger partial charge in [0.1, 0.15) is 6.33 Å². The molecule has 0 radical (unpaired) electrons. The van der Waals surface area contributed by atoms with Gasteiger partial charge in [0.25, 0.3) is 0 Å². The molecule has 0 aliphatic carbocycles. The van der Waals surface area contributed by atoms with E-state index in [0.717, 1.165) is 0 Å². The number of carbonyl (C=O) groups excluding carboxylic acids is 1. The Balaban J connectivity index is 2.52. The third-order valence-electron chi connectivity index (χ3n) is 2.17. The highest BCUT2D eigenvalue weighted by Crippen LogP contribution is 2.15. The molecule has 0 fully saturated rings. The number of hydrogen-bond acceptors (Lipinski definition) is 5. The number of rotatable bonds is 5. The summed E-state index contributed by atoms with van der Waals surface area (Å²) in [7, 11) is 1.77. The van der Waals surface area contributed by atoms with Crippen LogP contribution in [0, 0.1) is 5.92 Å². The average molecular weight is 237 g/mol. The fraction of sp³-hybridized carbons (Fsp3) is 0.545. The molecule has 0 aromatic carbocycles. The van der Waals surface area contributed by atoms with Gasteiger partial charge in [0.2, 0.25) is 5.91 Å². The van der Waals surface area contributed by atoms with E-state index in [0.29, 0.717) is 24.0 Å². The molecule has 0 spiro atoms. The number of aromatic nitrogens is 2. The lowest BCUT2D eigenvalue weighted by Crippen LogP contribution is -2.37. The first-order valence-corrected chi connectivity index (χ1v) is 5.54. The van der Waals surface area contributed by atoms with Gasteiger partial charge in [-0.1, -0.05) is 13.8 Å². The number of amides is 1. The van der Waals surface area contributed by atoms with Gasteiger partial charge in [-0.15, -0.1) is 0 Å². The van der Waals surface area contributed by atoms with Gasteiger partial charge in [0.05, 0.1) is 18.4 Å². The molecule has 6 nitrogen and oxygen atoms in total. The molecule has 0 aliphatic rings. The summed E-state index contributed by atoms with van der Waals surface area (Å²) in [5, 5.41) is 2.84. The van der Waals surface area contributed by atoms with Crippen LogP contribution in [0.4, 0.5) is 11.5 Å². The minimum absolute atomic E-state index is 0.0424. The molecule has 0 aliphatic heterocycles. The van der Waals surface area contributed by atoms with Crippen molar-refractivity contribution < 1.29 is 4.79 Å². The molecular formula is C11H19N5O. The minimum Gasteiger partial charge on any atom is -0.394 e. The zero-order chi connectivity index (χ0) is 12.8. The predicted octanol–water partition coefficient (Wildman–Crippen LogP) is 0.267. The smallest absolute Gasteiger partial charge is 0.239 e. The van der Waals surface area contributed by atoms with Crippen molar-refractivity contribution in [1.82, 2.24) is 15.3 Å². The van der Waals surface area contributed by atoms with E-state index in [9.17, 15) is 4.79 Å². The maximum absolute atomic E-state index is 11.6. The van der Waals surface area contributed by atoms with Crippen LogP contribution in [-0.2, 0) is 4.79 Å². The van der Waals surface area contributed by atoms with Crippen molar-refractivity contribution in [3.05, 3.63) is 12.5 Å². The number of carbonyl (C=O) groups is 1. The molecule has 94 valence electrons. The van der Waals surface area contributed by atoms with E-state index < -0.39 is 0 Å². The standard InChI is InChI=1S/C11H19N5O/c1-8(2)4-14-10(17)6-16(3)11-9(12)5-13-7-15-11/h5,7-8H,4,6,12H2,1-3H3,(H,14,17). The van der Waals surface area contributed by atoms with Crippen molar-refractivity contribution in [1.29, 1.82) is 0 Å². The summed E-state index contributed by atoms with van der Waals surface area (Å²) < 4.78 is 0. The van der Waals surface area contributed by atoms with Crippen LogP contribution in [0.25, 0.3) is 0 Å². The predicted molar refractivity (Wildman–Crippen MR) is 67.6 cm³/mol. The summed E-state index contributed by atoms with van der Waals surface area (Å²) in [6, 6.07) is 0. The molecule has 1 aromatic heterocycles. The highest BCUT2D eigenvalue weighted by Gasteiger charge is 2.11. The van der Waals surface area contributed by atoms with Crippen LogP contribution >= 0.6 is 0 Å². The lowest BCUT2D eigenvalue weighted by molar-refractivity contribution is -0.119. The van der Waals surface area contributed by atoms with Crippen LogP contribution < -0.4 is 16.0 Å². The highest BCUT2D eigenvalue weighted by atomic mass is 16.2. The monoisotopic (exact) mass is 237 g/mol. The molecule has 0 saturated heterocycles. The molecule has 0 atom stereocenters. The topological polar surface area (TPSA) is 84.1 Å². The summed E-state index contributed by atoms with van der Waals surface area (Å²) in [6.07, 6.45) is 2.93. The van der Waals surface area contributed by atoms with Gasteiger partial charge in [0.15, 0.2) is 5.82 Å². The molecule has 17 heavy (non-hydrogen) atoms. The van der Waals surface area contributed by atoms with E-state index in [2.05, 4.69) is 15.3 Å². The van der Waals surface area contributed by atoms with Crippen LogP contribution in [0.3, 0.4) is 0 Å². The van der Waals surface area contributed by atoms with Crippen molar-refractivity contribution >= 4 is 17.4 Å². The van der Waals surface area contributed by atoms with E-state index in [1.807, 2.05) is 13.8 Å². The summed E-state index contributed by atoms with van der Waals surface area (Å²) in [4.78, 5) is 21.1. The molecule has 1 aromatic rings. The van der Waals surface area contributed by atoms with Gasteiger partial charge < -0.3 is 16.0 Å². The Labute approximate surface area is 101 Å². The van der Waals surface area contributed by atoms with Crippen molar-refractivity contribution in [2.45, 2.75) is 13.8 Å². The first kappa shape index (κ1) is 13.2. The van der Waals surface area contributed by atoms with Crippen LogP contribution in [0.1, 0.15) is 13.8 Å². The third kappa shape index (κ3) is 4.26. The van der Waals surface area contributed by atoms with Crippen molar-refractivity contribution in [3.63, 3.8) is 0 Å². The van der Waals surface area contributed by atoms with E-state index in [1.165, 1.54) is 12.5 Å². The molecule has 6 heteroatoms. The Morgan fingerprint density at radius 3 is 2.88 bits per heavy atom. The Hall–Kier alpha value is -1.85. The molecular weight excluding hydrogens is 218 g/mol. The maximum atomic E-state index is 11.6. The van der Waals surface area contributed by atoms with Crippen LogP contribution in [0.2, 0.25) is 0 Å². The van der Waals surface area contributed by atoms with Gasteiger partial charge in [0, 0.05) is 13.6 Å². The summed E-state index contributed by atoms with van der Waals surface area (Å²) in [5.74, 6) is 0.965. The minimum atomic E-state index is -0.0424. The van der Waals surface area contributed by atoms with Gasteiger partial charge >= 0.3 is 0 Å². The first-order valence-electron chi connectivity index (χ1n) is 5.54. The highest BCUT2D eigenvalue weighted by molar-refractivity contribution is 5.81. The summed E-state index contributed by atoms with van der Waals surface area (Å²) in [6.45, 7) is 5.00. The van der Waals surface area contributed by atoms with E-state index in [1.54, 1.807) is 11.9 Å². The molecule has 3 N–H and O–H groups in total. The number of hydrogen-bond donors (Lipinski definition) is 2. The van der Waals surface area contributed by atoms with Crippen LogP contribution in [0.5, 0.6) is 0 Å². The summed E-state index contributed by atoms with van der Waals surface area (Å²) in [5.41, 5.74) is 6.19. The molecule has 0 saturated carbocycles. The second kappa shape index (κ2) is 6.03. The Morgan fingerprint density at radius 1 is 1.59 bits per heavy atom. The lowest BCUT2D eigenvalue weighted by atomic mass is 10.2. The number of nitrogens with zero attached hydrogens (tertiary/aromatic N) is 3. The largest absolute Gasteiger partial charge is 0.394 e. The molecule has 1 heterocycles. The fourth-order valence-electron chi connectivity index (χ4n) is 1.32. The number of nitrogens with two attached hydrogens (primary N) is 1. The van der Waals surface area contributed by atoms with E-state index >= 15 is 0 Å².